The maximum atomic E-state index is 12.8. The standard InChI is InChI=1S/C27H34N8O2/c1-2-7-30-25(36)27(18-37-19-27)35-11-9-34(10-12-35)17-20-4-3-5-23(13-20)33-24-14-21(6-8-29-24)22-15-31-26(28)32-16-22/h3-6,8,13-16H,2,7,9-12,17-19H2,1H3,(H,29,33)(H,30,36)(H2,28,31,32). The first-order chi connectivity index (χ1) is 18.1. The van der Waals surface area contributed by atoms with Gasteiger partial charge in [-0.05, 0) is 41.8 Å². The molecule has 4 N–H and O–H groups in total. The molecule has 2 aromatic heterocycles. The van der Waals surface area contributed by atoms with Crippen molar-refractivity contribution in [3.8, 4) is 11.1 Å². The molecule has 3 aromatic rings. The van der Waals surface area contributed by atoms with Gasteiger partial charge in [-0.15, -0.1) is 0 Å². The Bertz CT molecular complexity index is 1210. The molecule has 0 radical (unpaired) electrons. The van der Waals surface area contributed by atoms with Crippen LogP contribution in [-0.4, -0.2) is 82.1 Å². The predicted octanol–water partition coefficient (Wildman–Crippen LogP) is 2.28. The van der Waals surface area contributed by atoms with Crippen molar-refractivity contribution < 1.29 is 9.53 Å². The van der Waals surface area contributed by atoms with Crippen LogP contribution in [0, 0.1) is 0 Å². The van der Waals surface area contributed by atoms with Crippen LogP contribution in [0.3, 0.4) is 0 Å². The van der Waals surface area contributed by atoms with Gasteiger partial charge in [-0.3, -0.25) is 14.6 Å². The third kappa shape index (κ3) is 5.71. The topological polar surface area (TPSA) is 122 Å². The molecule has 1 amide bonds. The van der Waals surface area contributed by atoms with E-state index in [0.29, 0.717) is 19.8 Å². The van der Waals surface area contributed by atoms with E-state index in [-0.39, 0.29) is 11.9 Å². The first-order valence-electron chi connectivity index (χ1n) is 12.8. The number of carbonyl (C=O) groups is 1. The van der Waals surface area contributed by atoms with Gasteiger partial charge in [-0.2, -0.15) is 0 Å². The van der Waals surface area contributed by atoms with Crippen molar-refractivity contribution in [2.75, 3.05) is 57.0 Å². The number of nitrogens with one attached hydrogen (secondary N) is 2. The van der Waals surface area contributed by atoms with Gasteiger partial charge >= 0.3 is 0 Å². The van der Waals surface area contributed by atoms with Crippen LogP contribution < -0.4 is 16.4 Å². The molecule has 0 aliphatic carbocycles. The molecule has 0 unspecified atom stereocenters. The summed E-state index contributed by atoms with van der Waals surface area (Å²) in [5.41, 5.74) is 9.16. The average Bonchev–Trinajstić information content (AvgIpc) is 2.89. The minimum atomic E-state index is -0.495. The molecule has 37 heavy (non-hydrogen) atoms. The van der Waals surface area contributed by atoms with E-state index in [1.54, 1.807) is 18.6 Å². The lowest BCUT2D eigenvalue weighted by Crippen LogP contribution is -2.72. The van der Waals surface area contributed by atoms with Crippen molar-refractivity contribution in [3.05, 3.63) is 60.6 Å². The normalized spacial score (nSPS) is 17.6. The van der Waals surface area contributed by atoms with Crippen molar-refractivity contribution in [2.24, 2.45) is 0 Å². The summed E-state index contributed by atoms with van der Waals surface area (Å²) < 4.78 is 5.47. The highest BCUT2D eigenvalue weighted by molar-refractivity contribution is 5.87. The first-order valence-corrected chi connectivity index (χ1v) is 12.8. The Morgan fingerprint density at radius 3 is 2.54 bits per heavy atom. The zero-order chi connectivity index (χ0) is 25.7. The Labute approximate surface area is 217 Å². The largest absolute Gasteiger partial charge is 0.376 e. The summed E-state index contributed by atoms with van der Waals surface area (Å²) >= 11 is 0. The number of aromatic nitrogens is 3. The Morgan fingerprint density at radius 1 is 1.05 bits per heavy atom. The number of ether oxygens (including phenoxy) is 1. The van der Waals surface area contributed by atoms with Gasteiger partial charge in [0.15, 0.2) is 0 Å². The monoisotopic (exact) mass is 502 g/mol. The van der Waals surface area contributed by atoms with Crippen LogP contribution in [0.1, 0.15) is 18.9 Å². The highest BCUT2D eigenvalue weighted by Gasteiger charge is 2.51. The van der Waals surface area contributed by atoms with Crippen LogP contribution in [0.2, 0.25) is 0 Å². The number of hydrogen-bond acceptors (Lipinski definition) is 9. The summed E-state index contributed by atoms with van der Waals surface area (Å²) in [6, 6.07) is 12.3. The number of hydrogen-bond donors (Lipinski definition) is 3. The van der Waals surface area contributed by atoms with Gasteiger partial charge in [0.05, 0.1) is 13.2 Å². The van der Waals surface area contributed by atoms with Crippen LogP contribution >= 0.6 is 0 Å². The molecule has 10 heteroatoms. The first kappa shape index (κ1) is 25.1. The molecule has 1 aromatic carbocycles. The summed E-state index contributed by atoms with van der Waals surface area (Å²) in [7, 11) is 0. The molecule has 0 bridgehead atoms. The Morgan fingerprint density at radius 2 is 1.84 bits per heavy atom. The number of benzene rings is 1. The molecule has 194 valence electrons. The van der Waals surface area contributed by atoms with Crippen LogP contribution in [0.25, 0.3) is 11.1 Å². The summed E-state index contributed by atoms with van der Waals surface area (Å²) in [6.07, 6.45) is 6.11. The van der Waals surface area contributed by atoms with Gasteiger partial charge < -0.3 is 21.1 Å². The zero-order valence-electron chi connectivity index (χ0n) is 21.2. The van der Waals surface area contributed by atoms with Gasteiger partial charge in [-0.1, -0.05) is 19.1 Å². The van der Waals surface area contributed by atoms with Crippen molar-refractivity contribution in [2.45, 2.75) is 25.4 Å². The quantitative estimate of drug-likeness (QED) is 0.404. The van der Waals surface area contributed by atoms with Crippen molar-refractivity contribution in [1.29, 1.82) is 0 Å². The van der Waals surface area contributed by atoms with Gasteiger partial charge in [0.2, 0.25) is 11.9 Å². The number of nitrogens with zero attached hydrogens (tertiary/aromatic N) is 5. The Hall–Kier alpha value is -3.60. The lowest BCUT2D eigenvalue weighted by Gasteiger charge is -2.50. The Balaban J connectivity index is 1.18. The molecule has 2 saturated heterocycles. The average molecular weight is 503 g/mol. The molecule has 0 spiro atoms. The smallest absolute Gasteiger partial charge is 0.245 e. The fourth-order valence-corrected chi connectivity index (χ4v) is 4.81. The number of piperazine rings is 1. The van der Waals surface area contributed by atoms with E-state index in [2.05, 4.69) is 60.5 Å². The predicted molar refractivity (Wildman–Crippen MR) is 143 cm³/mol. The van der Waals surface area contributed by atoms with E-state index in [1.165, 1.54) is 5.56 Å². The molecule has 4 heterocycles. The lowest BCUT2D eigenvalue weighted by molar-refractivity contribution is -0.174. The van der Waals surface area contributed by atoms with E-state index in [4.69, 9.17) is 10.5 Å². The van der Waals surface area contributed by atoms with Crippen LogP contribution in [0.4, 0.5) is 17.5 Å². The summed E-state index contributed by atoms with van der Waals surface area (Å²) in [5.74, 6) is 1.10. The molecule has 0 saturated carbocycles. The van der Waals surface area contributed by atoms with Gasteiger partial charge in [-0.25, -0.2) is 15.0 Å². The highest BCUT2D eigenvalue weighted by Crippen LogP contribution is 2.28. The lowest BCUT2D eigenvalue weighted by atomic mass is 9.92. The maximum Gasteiger partial charge on any atom is 0.245 e. The fraction of sp³-hybridized carbons (Fsp3) is 0.407. The number of nitrogen functional groups attached to an aromatic ring is 1. The number of anilines is 3. The molecule has 0 atom stereocenters. The number of nitrogens with two attached hydrogens (primary N) is 1. The number of rotatable bonds is 9. The third-order valence-electron chi connectivity index (χ3n) is 6.99. The van der Waals surface area contributed by atoms with Crippen molar-refractivity contribution in [3.63, 3.8) is 0 Å². The minimum absolute atomic E-state index is 0.106. The molecule has 2 aliphatic rings. The Kier molecular flexibility index (Phi) is 7.59. The molecule has 10 nitrogen and oxygen atoms in total. The molecular weight excluding hydrogens is 468 g/mol. The van der Waals surface area contributed by atoms with Crippen molar-refractivity contribution in [1.82, 2.24) is 30.1 Å². The van der Waals surface area contributed by atoms with E-state index in [9.17, 15) is 4.79 Å². The SMILES string of the molecule is CCCNC(=O)C1(N2CCN(Cc3cccc(Nc4cc(-c5cnc(N)nc5)ccn4)c3)CC2)COC1. The van der Waals surface area contributed by atoms with E-state index >= 15 is 0 Å². The molecule has 2 aliphatic heterocycles. The molecular formula is C27H34N8O2. The molecule has 5 rings (SSSR count). The van der Waals surface area contributed by atoms with E-state index < -0.39 is 5.54 Å². The summed E-state index contributed by atoms with van der Waals surface area (Å²) in [5, 5.41) is 6.48. The van der Waals surface area contributed by atoms with Crippen molar-refractivity contribution >= 4 is 23.4 Å². The number of pyridine rings is 1. The minimum Gasteiger partial charge on any atom is -0.376 e. The summed E-state index contributed by atoms with van der Waals surface area (Å²) in [4.78, 5) is 30.2. The van der Waals surface area contributed by atoms with E-state index in [0.717, 1.165) is 61.8 Å². The van der Waals surface area contributed by atoms with Gasteiger partial charge in [0.1, 0.15) is 11.4 Å². The van der Waals surface area contributed by atoms with Gasteiger partial charge in [0.25, 0.3) is 0 Å². The third-order valence-corrected chi connectivity index (χ3v) is 6.99. The van der Waals surface area contributed by atoms with Crippen LogP contribution in [0.5, 0.6) is 0 Å². The highest BCUT2D eigenvalue weighted by atomic mass is 16.5. The zero-order valence-corrected chi connectivity index (χ0v) is 21.2. The van der Waals surface area contributed by atoms with Crippen LogP contribution in [0.15, 0.2) is 55.0 Å². The number of amides is 1. The van der Waals surface area contributed by atoms with E-state index in [1.807, 2.05) is 18.2 Å². The van der Waals surface area contributed by atoms with Crippen LogP contribution in [-0.2, 0) is 16.1 Å². The fourth-order valence-electron chi connectivity index (χ4n) is 4.81. The van der Waals surface area contributed by atoms with Gasteiger partial charge in [0, 0.05) is 69.1 Å². The maximum absolute atomic E-state index is 12.8. The second kappa shape index (κ2) is 11.2. The summed E-state index contributed by atoms with van der Waals surface area (Å²) in [6.45, 7) is 8.12. The number of carbonyl (C=O) groups excluding carboxylic acids is 1. The molecule has 2 fully saturated rings. The second-order valence-electron chi connectivity index (χ2n) is 9.63. The second-order valence-corrected chi connectivity index (χ2v) is 9.63.